The fourth-order valence-electron chi connectivity index (χ4n) is 5.73. The molecule has 0 aliphatic carbocycles. The largest absolute Gasteiger partial charge is 0.477 e. The Balaban J connectivity index is 1.34. The molecule has 3 heterocycles. The van der Waals surface area contributed by atoms with Gasteiger partial charge >= 0.3 is 12.1 Å². The molecule has 1 aromatic carbocycles. The monoisotopic (exact) mass is 631 g/mol. The van der Waals surface area contributed by atoms with Gasteiger partial charge in [0.2, 0.25) is 6.41 Å². The minimum Gasteiger partial charge on any atom is -0.477 e. The first kappa shape index (κ1) is 33.9. The summed E-state index contributed by atoms with van der Waals surface area (Å²) in [5.41, 5.74) is 2.53. The number of aryl methyl sites for hydroxylation is 1. The molecule has 3 aromatic rings. The standard InChI is InChI=1S/C32H40F3N5O5/c1-23-17-30(31(42)43)39(19-23)12-14-45-16-15-44-13-9-24-20-38(2)11-8-27(24)37-28-6-3-7-29-26(28)18-25(5-4-10-36-22-41)40(29)21-32(33,34)35/h3,6-7,17-19,22,24,27,37H,8-16,20-21H2,1-2H3,(H,36,41)(H,42,43). The number of halogens is 3. The lowest BCUT2D eigenvalue weighted by molar-refractivity contribution is -0.140. The minimum atomic E-state index is -4.43. The van der Waals surface area contributed by atoms with Crippen LogP contribution in [-0.4, -0.2) is 96.8 Å². The highest BCUT2D eigenvalue weighted by Gasteiger charge is 2.31. The number of carboxylic acids is 1. The van der Waals surface area contributed by atoms with Crippen LogP contribution in [0.3, 0.4) is 0 Å². The van der Waals surface area contributed by atoms with Gasteiger partial charge in [0.1, 0.15) is 12.2 Å². The molecule has 0 bridgehead atoms. The quantitative estimate of drug-likeness (QED) is 0.132. The molecule has 10 nitrogen and oxygen atoms in total. The van der Waals surface area contributed by atoms with Gasteiger partial charge in [-0.2, -0.15) is 13.2 Å². The molecule has 1 amide bonds. The van der Waals surface area contributed by atoms with E-state index in [1.165, 1.54) is 4.57 Å². The molecule has 4 rings (SSSR count). The molecular weight excluding hydrogens is 591 g/mol. The molecule has 1 aliphatic heterocycles. The van der Waals surface area contributed by atoms with Gasteiger partial charge in [-0.15, -0.1) is 0 Å². The Bertz CT molecular complexity index is 1510. The third kappa shape index (κ3) is 9.75. The number of anilines is 1. The third-order valence-corrected chi connectivity index (χ3v) is 7.79. The van der Waals surface area contributed by atoms with Crippen LogP contribution in [0.5, 0.6) is 0 Å². The van der Waals surface area contributed by atoms with Crippen LogP contribution >= 0.6 is 0 Å². The van der Waals surface area contributed by atoms with Crippen LogP contribution in [0.4, 0.5) is 18.9 Å². The summed E-state index contributed by atoms with van der Waals surface area (Å²) in [7, 11) is 2.07. The first-order valence-electron chi connectivity index (χ1n) is 14.9. The zero-order valence-electron chi connectivity index (χ0n) is 25.5. The van der Waals surface area contributed by atoms with Crippen molar-refractivity contribution < 1.29 is 37.3 Å². The lowest BCUT2D eigenvalue weighted by Gasteiger charge is -2.38. The number of alkyl halides is 3. The lowest BCUT2D eigenvalue weighted by Crippen LogP contribution is -2.45. The maximum absolute atomic E-state index is 13.5. The van der Waals surface area contributed by atoms with Crippen LogP contribution in [-0.2, 0) is 27.4 Å². The van der Waals surface area contributed by atoms with E-state index in [0.29, 0.717) is 50.3 Å². The number of amides is 1. The first-order chi connectivity index (χ1) is 21.6. The Morgan fingerprint density at radius 1 is 1.18 bits per heavy atom. The second-order valence-electron chi connectivity index (χ2n) is 11.2. The minimum absolute atomic E-state index is 0.0365. The Morgan fingerprint density at radius 3 is 2.69 bits per heavy atom. The number of carbonyl (C=O) groups is 2. The van der Waals surface area contributed by atoms with Crippen molar-refractivity contribution in [2.24, 2.45) is 5.92 Å². The summed E-state index contributed by atoms with van der Waals surface area (Å²) in [4.78, 5) is 24.1. The number of ether oxygens (including phenoxy) is 2. The molecule has 2 unspecified atom stereocenters. The number of hydrogen-bond acceptors (Lipinski definition) is 6. The van der Waals surface area contributed by atoms with E-state index in [0.717, 1.165) is 37.2 Å². The number of carbonyl (C=O) groups excluding carboxylic acids is 1. The number of nitrogens with zero attached hydrogens (tertiary/aromatic N) is 3. The molecule has 3 N–H and O–H groups in total. The van der Waals surface area contributed by atoms with E-state index in [4.69, 9.17) is 9.47 Å². The summed E-state index contributed by atoms with van der Waals surface area (Å²) < 4.78 is 54.8. The van der Waals surface area contributed by atoms with Gasteiger partial charge < -0.3 is 39.2 Å². The summed E-state index contributed by atoms with van der Waals surface area (Å²) in [6.07, 6.45) is -0.492. The molecule has 13 heteroatoms. The fourth-order valence-corrected chi connectivity index (χ4v) is 5.73. The number of piperidine rings is 1. The summed E-state index contributed by atoms with van der Waals surface area (Å²) in [6, 6.07) is 8.68. The van der Waals surface area contributed by atoms with E-state index in [1.54, 1.807) is 35.0 Å². The van der Waals surface area contributed by atoms with Gasteiger partial charge in [-0.1, -0.05) is 12.0 Å². The van der Waals surface area contributed by atoms with Crippen molar-refractivity contribution in [2.45, 2.75) is 45.1 Å². The van der Waals surface area contributed by atoms with Crippen LogP contribution in [0.15, 0.2) is 36.5 Å². The van der Waals surface area contributed by atoms with Crippen molar-refractivity contribution in [3.05, 3.63) is 53.5 Å². The Morgan fingerprint density at radius 2 is 1.96 bits per heavy atom. The van der Waals surface area contributed by atoms with Crippen LogP contribution < -0.4 is 10.6 Å². The molecule has 0 radical (unpaired) electrons. The number of rotatable bonds is 15. The maximum atomic E-state index is 13.5. The lowest BCUT2D eigenvalue weighted by atomic mass is 9.89. The van der Waals surface area contributed by atoms with Gasteiger partial charge in [-0.25, -0.2) is 4.79 Å². The number of aromatic carboxylic acids is 1. The smallest absolute Gasteiger partial charge is 0.406 e. The number of likely N-dealkylation sites (tertiary alicyclic amines) is 1. The molecule has 2 atom stereocenters. The number of fused-ring (bicyclic) bond motifs is 1. The second kappa shape index (κ2) is 15.8. The zero-order valence-corrected chi connectivity index (χ0v) is 25.5. The second-order valence-corrected chi connectivity index (χ2v) is 11.2. The maximum Gasteiger partial charge on any atom is 0.406 e. The average molecular weight is 632 g/mol. The highest BCUT2D eigenvalue weighted by molar-refractivity contribution is 5.94. The predicted molar refractivity (Wildman–Crippen MR) is 164 cm³/mol. The van der Waals surface area contributed by atoms with Gasteiger partial charge in [-0.05, 0) is 75.0 Å². The van der Waals surface area contributed by atoms with Gasteiger partial charge in [-0.3, -0.25) is 4.79 Å². The number of carboxylic acid groups (broad SMARTS) is 1. The summed E-state index contributed by atoms with van der Waals surface area (Å²) >= 11 is 0. The van der Waals surface area contributed by atoms with E-state index < -0.39 is 18.7 Å². The molecular formula is C32H40F3N5O5. The third-order valence-electron chi connectivity index (χ3n) is 7.79. The fraction of sp³-hybridized carbons (Fsp3) is 0.500. The number of benzene rings is 1. The molecule has 1 aliphatic rings. The number of hydrogen-bond donors (Lipinski definition) is 3. The van der Waals surface area contributed by atoms with Gasteiger partial charge in [0, 0.05) is 43.0 Å². The molecule has 1 saturated heterocycles. The topological polar surface area (TPSA) is 110 Å². The van der Waals surface area contributed by atoms with E-state index >= 15 is 0 Å². The Kier molecular flexibility index (Phi) is 11.9. The van der Waals surface area contributed by atoms with Crippen molar-refractivity contribution in [2.75, 3.05) is 58.4 Å². The molecule has 0 saturated carbocycles. The molecule has 244 valence electrons. The molecule has 1 fully saturated rings. The van der Waals surface area contributed by atoms with Crippen molar-refractivity contribution in [3.63, 3.8) is 0 Å². The normalized spacial score (nSPS) is 17.2. The molecule has 2 aromatic heterocycles. The van der Waals surface area contributed by atoms with Crippen LogP contribution in [0, 0.1) is 24.7 Å². The van der Waals surface area contributed by atoms with E-state index in [-0.39, 0.29) is 29.9 Å². The van der Waals surface area contributed by atoms with Crippen molar-refractivity contribution in [1.82, 2.24) is 19.4 Å². The van der Waals surface area contributed by atoms with Gasteiger partial charge in [0.15, 0.2) is 0 Å². The zero-order chi connectivity index (χ0) is 32.4. The van der Waals surface area contributed by atoms with Crippen LogP contribution in [0.2, 0.25) is 0 Å². The summed E-state index contributed by atoms with van der Waals surface area (Å²) in [5.74, 6) is 4.77. The number of nitrogens with one attached hydrogen (secondary N) is 2. The van der Waals surface area contributed by atoms with Crippen molar-refractivity contribution >= 4 is 29.0 Å². The Labute approximate surface area is 260 Å². The summed E-state index contributed by atoms with van der Waals surface area (Å²) in [5, 5.41) is 16.0. The van der Waals surface area contributed by atoms with Crippen molar-refractivity contribution in [3.8, 4) is 11.8 Å². The van der Waals surface area contributed by atoms with E-state index in [2.05, 4.69) is 34.4 Å². The van der Waals surface area contributed by atoms with E-state index in [9.17, 15) is 27.9 Å². The Hall–Kier alpha value is -3.99. The van der Waals surface area contributed by atoms with Crippen LogP contribution in [0.1, 0.15) is 34.6 Å². The number of aromatic nitrogens is 2. The van der Waals surface area contributed by atoms with Crippen LogP contribution in [0.25, 0.3) is 10.9 Å². The summed E-state index contributed by atoms with van der Waals surface area (Å²) in [6.45, 7) is 4.60. The van der Waals surface area contributed by atoms with Gasteiger partial charge in [0.25, 0.3) is 0 Å². The predicted octanol–water partition coefficient (Wildman–Crippen LogP) is 3.96. The molecule has 0 spiro atoms. The molecule has 45 heavy (non-hydrogen) atoms. The first-order valence-corrected chi connectivity index (χ1v) is 14.9. The SMILES string of the molecule is Cc1cc(C(=O)O)n(CCOCCOCCC2CN(C)CCC2Nc2cccc3c2cc(C#CCNC=O)n3CC(F)(F)F)c1. The van der Waals surface area contributed by atoms with E-state index in [1.807, 2.05) is 13.0 Å². The van der Waals surface area contributed by atoms with Crippen molar-refractivity contribution in [1.29, 1.82) is 0 Å². The average Bonchev–Trinajstić information content (AvgIpc) is 3.53. The highest BCUT2D eigenvalue weighted by atomic mass is 19.4. The van der Waals surface area contributed by atoms with Gasteiger partial charge in [0.05, 0.1) is 37.6 Å². The highest BCUT2D eigenvalue weighted by Crippen LogP contribution is 2.32.